The first-order valence-corrected chi connectivity index (χ1v) is 9.98. The molecule has 0 spiro atoms. The van der Waals surface area contributed by atoms with E-state index in [4.69, 9.17) is 0 Å². The molecule has 31 heavy (non-hydrogen) atoms. The summed E-state index contributed by atoms with van der Waals surface area (Å²) >= 11 is 0. The van der Waals surface area contributed by atoms with Crippen LogP contribution in [-0.4, -0.2) is 15.8 Å². The van der Waals surface area contributed by atoms with Crippen LogP contribution in [0, 0.1) is 0 Å². The average molecular weight is 638 g/mol. The Morgan fingerprint density at radius 3 is 1.52 bits per heavy atom. The van der Waals surface area contributed by atoms with Gasteiger partial charge in [-0.3, -0.25) is 0 Å². The molecule has 0 saturated carbocycles. The van der Waals surface area contributed by atoms with E-state index in [1.54, 1.807) is 0 Å². The van der Waals surface area contributed by atoms with Crippen molar-refractivity contribution in [1.82, 2.24) is 9.13 Å². The van der Waals surface area contributed by atoms with Gasteiger partial charge in [0.25, 0.3) is 0 Å². The van der Waals surface area contributed by atoms with Crippen molar-refractivity contribution in [1.29, 1.82) is 0 Å². The van der Waals surface area contributed by atoms with E-state index >= 15 is 0 Å². The van der Waals surface area contributed by atoms with Gasteiger partial charge in [-0.05, 0) is 23.3 Å². The van der Waals surface area contributed by atoms with E-state index in [-0.39, 0.29) is 48.0 Å². The molecule has 0 aliphatic carbocycles. The zero-order chi connectivity index (χ0) is 19.5. The van der Waals surface area contributed by atoms with Crippen LogP contribution in [0.4, 0.5) is 11.4 Å². The molecular formula is C23H24I2N6. The molecule has 160 valence electrons. The Morgan fingerprint density at radius 1 is 0.677 bits per heavy atom. The highest BCUT2D eigenvalue weighted by molar-refractivity contribution is 5.77. The number of para-hydroxylation sites is 2. The minimum Gasteiger partial charge on any atom is -1.00 e. The van der Waals surface area contributed by atoms with Crippen LogP contribution in [0.3, 0.4) is 0 Å². The number of aryl methyl sites for hydroxylation is 2. The van der Waals surface area contributed by atoms with Crippen molar-refractivity contribution >= 4 is 11.4 Å². The maximum atomic E-state index is 2.51. The number of fused-ring (bicyclic) bond motifs is 6. The van der Waals surface area contributed by atoms with Gasteiger partial charge < -0.3 is 57.8 Å². The highest BCUT2D eigenvalue weighted by atomic mass is 127. The Kier molecular flexibility index (Phi) is 6.03. The summed E-state index contributed by atoms with van der Waals surface area (Å²) in [4.78, 5) is 5.02. The van der Waals surface area contributed by atoms with Gasteiger partial charge in [0, 0.05) is 13.1 Å². The number of hydrogen-bond acceptors (Lipinski definition) is 2. The number of anilines is 2. The molecule has 2 aromatic heterocycles. The molecule has 2 aliphatic rings. The van der Waals surface area contributed by atoms with Crippen LogP contribution >= 0.6 is 0 Å². The lowest BCUT2D eigenvalue weighted by Crippen LogP contribution is -3.00. The average Bonchev–Trinajstić information content (AvgIpc) is 3.35. The molecule has 0 amide bonds. The SMILES string of the molecule is C[n+]1ccn(-c2cccc3c2N2Cc4cccc(-n5cc[n+](C)c5)c4N(C3)C2)c1.[I-].[I-]. The quantitative estimate of drug-likeness (QED) is 0.167. The Bertz CT molecular complexity index is 1150. The molecule has 4 heterocycles. The minimum atomic E-state index is 0. The van der Waals surface area contributed by atoms with E-state index in [1.165, 1.54) is 33.9 Å². The summed E-state index contributed by atoms with van der Waals surface area (Å²) in [7, 11) is 4.13. The number of benzene rings is 2. The van der Waals surface area contributed by atoms with Gasteiger partial charge in [0.05, 0.1) is 32.1 Å². The second-order valence-corrected chi connectivity index (χ2v) is 8.08. The summed E-state index contributed by atoms with van der Waals surface area (Å²) in [5, 5.41) is 0. The lowest BCUT2D eigenvalue weighted by molar-refractivity contribution is -0.670. The van der Waals surface area contributed by atoms with E-state index in [9.17, 15) is 0 Å². The summed E-state index contributed by atoms with van der Waals surface area (Å²) in [6.07, 6.45) is 12.7. The minimum absolute atomic E-state index is 0. The van der Waals surface area contributed by atoms with Crippen molar-refractivity contribution in [2.24, 2.45) is 14.1 Å². The molecule has 6 rings (SSSR count). The second kappa shape index (κ2) is 8.45. The van der Waals surface area contributed by atoms with Crippen LogP contribution in [0.2, 0.25) is 0 Å². The monoisotopic (exact) mass is 638 g/mol. The maximum Gasteiger partial charge on any atom is 0.248 e. The Hall–Kier alpha value is -2.08. The first-order chi connectivity index (χ1) is 14.2. The first-order valence-electron chi connectivity index (χ1n) is 9.98. The molecular weight excluding hydrogens is 614 g/mol. The highest BCUT2D eigenvalue weighted by Crippen LogP contribution is 2.42. The molecule has 0 N–H and O–H groups in total. The van der Waals surface area contributed by atoms with E-state index in [0.29, 0.717) is 0 Å². The Balaban J connectivity index is 0.00000116. The lowest BCUT2D eigenvalue weighted by atomic mass is 9.99. The topological polar surface area (TPSA) is 24.1 Å². The summed E-state index contributed by atoms with van der Waals surface area (Å²) in [5.74, 6) is 0. The molecule has 0 radical (unpaired) electrons. The second-order valence-electron chi connectivity index (χ2n) is 8.08. The van der Waals surface area contributed by atoms with Crippen molar-refractivity contribution in [3.05, 3.63) is 85.0 Å². The molecule has 2 aromatic carbocycles. The fraction of sp³-hybridized carbons (Fsp3) is 0.217. The standard InChI is InChI=1S/C23H24N6.2HI/c1-24-9-11-26(15-24)20-7-3-5-18-13-29-17-28(22(18)20)14-19-6-4-8-21(23(19)29)27-12-10-25(2)16-27;;/h3-12,15-16H,13-14,17H2,1-2H3;2*1H/q+2;;/p-2. The van der Waals surface area contributed by atoms with Crippen molar-refractivity contribution in [3.8, 4) is 11.4 Å². The van der Waals surface area contributed by atoms with Crippen molar-refractivity contribution in [2.45, 2.75) is 13.1 Å². The third-order valence-corrected chi connectivity index (χ3v) is 5.99. The largest absolute Gasteiger partial charge is 1.00 e. The lowest BCUT2D eigenvalue weighted by Gasteiger charge is -2.45. The Morgan fingerprint density at radius 2 is 1.13 bits per heavy atom. The first kappa shape index (κ1) is 22.1. The van der Waals surface area contributed by atoms with Crippen LogP contribution in [-0.2, 0) is 27.2 Å². The van der Waals surface area contributed by atoms with Crippen LogP contribution in [0.5, 0.6) is 0 Å². The van der Waals surface area contributed by atoms with E-state index in [1.807, 2.05) is 0 Å². The maximum absolute atomic E-state index is 2.51. The van der Waals surface area contributed by atoms with Gasteiger partial charge in [0.1, 0.15) is 24.8 Å². The van der Waals surface area contributed by atoms with Gasteiger partial charge in [-0.1, -0.05) is 24.3 Å². The van der Waals surface area contributed by atoms with E-state index in [2.05, 4.69) is 116 Å². The fourth-order valence-corrected chi connectivity index (χ4v) is 4.76. The van der Waals surface area contributed by atoms with Crippen LogP contribution < -0.4 is 66.9 Å². The zero-order valence-electron chi connectivity index (χ0n) is 17.5. The number of imidazole rings is 2. The molecule has 2 bridgehead atoms. The van der Waals surface area contributed by atoms with Crippen LogP contribution in [0.25, 0.3) is 11.4 Å². The number of nitrogens with zero attached hydrogens (tertiary/aromatic N) is 6. The van der Waals surface area contributed by atoms with Gasteiger partial charge in [-0.25, -0.2) is 18.3 Å². The van der Waals surface area contributed by atoms with E-state index in [0.717, 1.165) is 19.8 Å². The zero-order valence-corrected chi connectivity index (χ0v) is 21.8. The summed E-state index contributed by atoms with van der Waals surface area (Å²) in [6.45, 7) is 2.75. The van der Waals surface area contributed by atoms with Gasteiger partial charge in [-0.15, -0.1) is 0 Å². The van der Waals surface area contributed by atoms with Gasteiger partial charge >= 0.3 is 0 Å². The number of hydrogen-bond donors (Lipinski definition) is 0. The van der Waals surface area contributed by atoms with E-state index < -0.39 is 0 Å². The fourth-order valence-electron chi connectivity index (χ4n) is 4.76. The molecule has 6 nitrogen and oxygen atoms in total. The predicted molar refractivity (Wildman–Crippen MR) is 111 cm³/mol. The number of aromatic nitrogens is 4. The predicted octanol–water partition coefficient (Wildman–Crippen LogP) is -3.78. The highest BCUT2D eigenvalue weighted by Gasteiger charge is 2.34. The van der Waals surface area contributed by atoms with Crippen LogP contribution in [0.1, 0.15) is 11.1 Å². The van der Waals surface area contributed by atoms with Gasteiger partial charge in [0.15, 0.2) is 11.4 Å². The van der Waals surface area contributed by atoms with Crippen molar-refractivity contribution in [3.63, 3.8) is 0 Å². The van der Waals surface area contributed by atoms with Crippen molar-refractivity contribution in [2.75, 3.05) is 16.5 Å². The molecule has 8 heteroatoms. The van der Waals surface area contributed by atoms with Crippen LogP contribution in [0.15, 0.2) is 73.8 Å². The molecule has 2 aliphatic heterocycles. The third-order valence-electron chi connectivity index (χ3n) is 5.99. The third kappa shape index (κ3) is 3.63. The molecule has 0 fully saturated rings. The summed E-state index contributed by atoms with van der Waals surface area (Å²) in [6, 6.07) is 13.3. The molecule has 4 aromatic rings. The van der Waals surface area contributed by atoms with Gasteiger partial charge in [-0.2, -0.15) is 0 Å². The van der Waals surface area contributed by atoms with Gasteiger partial charge in [0.2, 0.25) is 12.7 Å². The number of rotatable bonds is 2. The molecule has 0 atom stereocenters. The molecule has 0 unspecified atom stereocenters. The summed E-state index contributed by atoms with van der Waals surface area (Å²) < 4.78 is 8.62. The summed E-state index contributed by atoms with van der Waals surface area (Å²) in [5.41, 5.74) is 7.96. The smallest absolute Gasteiger partial charge is 0.248 e. The molecule has 0 saturated heterocycles. The Labute approximate surface area is 216 Å². The normalized spacial score (nSPS) is 13.7. The van der Waals surface area contributed by atoms with Crippen molar-refractivity contribution < 1.29 is 57.1 Å². The number of halogens is 2.